The lowest BCUT2D eigenvalue weighted by Gasteiger charge is -2.18. The SMILES string of the molecule is CC(NC1=NCc2cc(CC(=O)C[C@H](C)c3ccccc3)ncc21)C(F)(F)F. The Hall–Kier alpha value is -2.70. The summed E-state index contributed by atoms with van der Waals surface area (Å²) in [4.78, 5) is 20.8. The minimum absolute atomic E-state index is 0.0757. The highest BCUT2D eigenvalue weighted by molar-refractivity contribution is 6.02. The molecule has 28 heavy (non-hydrogen) atoms. The molecule has 1 aromatic carbocycles. The van der Waals surface area contributed by atoms with Gasteiger partial charge in [-0.25, -0.2) is 0 Å². The number of aromatic nitrogens is 1. The molecule has 3 rings (SSSR count). The summed E-state index contributed by atoms with van der Waals surface area (Å²) in [5.41, 5.74) is 3.07. The highest BCUT2D eigenvalue weighted by Crippen LogP contribution is 2.24. The molecule has 0 radical (unpaired) electrons. The van der Waals surface area contributed by atoms with Crippen molar-refractivity contribution in [1.82, 2.24) is 10.3 Å². The fourth-order valence-corrected chi connectivity index (χ4v) is 3.16. The number of carbonyl (C=O) groups excluding carboxylic acids is 1. The molecule has 2 heterocycles. The first-order chi connectivity index (χ1) is 13.2. The number of nitrogens with one attached hydrogen (secondary N) is 1. The Labute approximate surface area is 161 Å². The number of carbonyl (C=O) groups is 1. The van der Waals surface area contributed by atoms with Gasteiger partial charge >= 0.3 is 6.18 Å². The molecule has 7 heteroatoms. The number of fused-ring (bicyclic) bond motifs is 1. The zero-order valence-corrected chi connectivity index (χ0v) is 15.8. The molecule has 1 aromatic heterocycles. The number of alkyl halides is 3. The molecule has 1 N–H and O–H groups in total. The van der Waals surface area contributed by atoms with Gasteiger partial charge in [0.2, 0.25) is 0 Å². The quantitative estimate of drug-likeness (QED) is 0.806. The first kappa shape index (κ1) is 20.0. The minimum atomic E-state index is -4.35. The summed E-state index contributed by atoms with van der Waals surface area (Å²) in [5, 5.41) is 2.40. The number of halogens is 3. The number of Topliss-reactive ketones (excluding diaryl/α,β-unsaturated/α-hetero) is 1. The van der Waals surface area contributed by atoms with Gasteiger partial charge in [0.15, 0.2) is 0 Å². The summed E-state index contributed by atoms with van der Waals surface area (Å²) in [6.45, 7) is 3.35. The Morgan fingerprint density at radius 1 is 1.21 bits per heavy atom. The van der Waals surface area contributed by atoms with Crippen molar-refractivity contribution in [2.75, 3.05) is 0 Å². The maximum Gasteiger partial charge on any atom is 0.408 e. The molecule has 0 fully saturated rings. The summed E-state index contributed by atoms with van der Waals surface area (Å²) in [6.07, 6.45) is -2.23. The van der Waals surface area contributed by atoms with E-state index >= 15 is 0 Å². The molecule has 0 aliphatic carbocycles. The van der Waals surface area contributed by atoms with Crippen molar-refractivity contribution in [3.8, 4) is 0 Å². The lowest BCUT2D eigenvalue weighted by molar-refractivity contribution is -0.147. The van der Waals surface area contributed by atoms with Gasteiger partial charge in [0.05, 0.1) is 6.54 Å². The van der Waals surface area contributed by atoms with Crippen LogP contribution >= 0.6 is 0 Å². The number of aliphatic imine (C=N–C) groups is 1. The average Bonchev–Trinajstić information content (AvgIpc) is 3.03. The van der Waals surface area contributed by atoms with Crippen molar-refractivity contribution < 1.29 is 18.0 Å². The highest BCUT2D eigenvalue weighted by atomic mass is 19.4. The molecule has 2 atom stereocenters. The second-order valence-corrected chi connectivity index (χ2v) is 7.14. The fourth-order valence-electron chi connectivity index (χ4n) is 3.16. The van der Waals surface area contributed by atoms with E-state index in [0.29, 0.717) is 17.7 Å². The predicted octanol–water partition coefficient (Wildman–Crippen LogP) is 4.19. The third-order valence-corrected chi connectivity index (χ3v) is 4.83. The van der Waals surface area contributed by atoms with Crippen LogP contribution in [0.5, 0.6) is 0 Å². The van der Waals surface area contributed by atoms with Gasteiger partial charge in [-0.2, -0.15) is 13.2 Å². The van der Waals surface area contributed by atoms with Gasteiger partial charge in [-0.1, -0.05) is 37.3 Å². The van der Waals surface area contributed by atoms with Crippen LogP contribution < -0.4 is 5.32 Å². The number of ketones is 1. The van der Waals surface area contributed by atoms with Crippen LogP contribution in [0.15, 0.2) is 47.6 Å². The van der Waals surface area contributed by atoms with E-state index in [-0.39, 0.29) is 30.5 Å². The molecule has 0 saturated heterocycles. The summed E-state index contributed by atoms with van der Waals surface area (Å²) < 4.78 is 38.2. The summed E-state index contributed by atoms with van der Waals surface area (Å²) in [6, 6.07) is 9.90. The molecule has 2 aromatic rings. The molecular formula is C21H22F3N3O. The van der Waals surface area contributed by atoms with Gasteiger partial charge in [0, 0.05) is 30.3 Å². The summed E-state index contributed by atoms with van der Waals surface area (Å²) >= 11 is 0. The van der Waals surface area contributed by atoms with Gasteiger partial charge < -0.3 is 5.32 Å². The minimum Gasteiger partial charge on any atom is -0.359 e. The van der Waals surface area contributed by atoms with Gasteiger partial charge in [0.1, 0.15) is 17.7 Å². The van der Waals surface area contributed by atoms with E-state index in [0.717, 1.165) is 18.1 Å². The van der Waals surface area contributed by atoms with Crippen LogP contribution in [0, 0.1) is 0 Å². The molecule has 148 valence electrons. The van der Waals surface area contributed by atoms with Crippen molar-refractivity contribution in [3.05, 3.63) is 65.0 Å². The zero-order valence-electron chi connectivity index (χ0n) is 15.8. The van der Waals surface area contributed by atoms with E-state index in [1.54, 1.807) is 6.07 Å². The molecule has 0 saturated carbocycles. The van der Waals surface area contributed by atoms with E-state index in [1.807, 2.05) is 37.3 Å². The molecule has 1 aliphatic rings. The lowest BCUT2D eigenvalue weighted by Crippen LogP contribution is -2.43. The first-order valence-corrected chi connectivity index (χ1v) is 9.16. The first-order valence-electron chi connectivity index (χ1n) is 9.16. The molecule has 0 bridgehead atoms. The number of pyridine rings is 1. The van der Waals surface area contributed by atoms with Gasteiger partial charge in [-0.3, -0.25) is 14.8 Å². The molecular weight excluding hydrogens is 367 g/mol. The zero-order chi connectivity index (χ0) is 20.3. The average molecular weight is 389 g/mol. The normalized spacial score (nSPS) is 15.5. The van der Waals surface area contributed by atoms with Gasteiger partial charge in [-0.15, -0.1) is 0 Å². The Morgan fingerprint density at radius 2 is 1.93 bits per heavy atom. The van der Waals surface area contributed by atoms with Crippen LogP contribution in [-0.2, 0) is 17.8 Å². The number of amidine groups is 1. The van der Waals surface area contributed by atoms with Crippen LogP contribution in [0.25, 0.3) is 0 Å². The van der Waals surface area contributed by atoms with Crippen LogP contribution in [0.1, 0.15) is 48.6 Å². The van der Waals surface area contributed by atoms with E-state index in [2.05, 4.69) is 15.3 Å². The fraction of sp³-hybridized carbons (Fsp3) is 0.381. The smallest absolute Gasteiger partial charge is 0.359 e. The summed E-state index contributed by atoms with van der Waals surface area (Å²) in [7, 11) is 0. The second-order valence-electron chi connectivity index (χ2n) is 7.14. The maximum atomic E-state index is 12.7. The van der Waals surface area contributed by atoms with Crippen molar-refractivity contribution in [3.63, 3.8) is 0 Å². The molecule has 0 spiro atoms. The number of benzene rings is 1. The van der Waals surface area contributed by atoms with E-state index in [4.69, 9.17) is 0 Å². The Bertz CT molecular complexity index is 878. The maximum absolute atomic E-state index is 12.7. The van der Waals surface area contributed by atoms with E-state index < -0.39 is 12.2 Å². The lowest BCUT2D eigenvalue weighted by atomic mass is 9.94. The van der Waals surface area contributed by atoms with Crippen molar-refractivity contribution in [2.45, 2.75) is 51.4 Å². The van der Waals surface area contributed by atoms with Crippen molar-refractivity contribution in [2.24, 2.45) is 4.99 Å². The van der Waals surface area contributed by atoms with Crippen LogP contribution in [0.4, 0.5) is 13.2 Å². The predicted molar refractivity (Wildman–Crippen MR) is 101 cm³/mol. The molecule has 1 aliphatic heterocycles. The highest BCUT2D eigenvalue weighted by Gasteiger charge is 2.37. The van der Waals surface area contributed by atoms with Crippen LogP contribution in [0.2, 0.25) is 0 Å². The number of hydrogen-bond donors (Lipinski definition) is 1. The van der Waals surface area contributed by atoms with Crippen molar-refractivity contribution >= 4 is 11.6 Å². The monoisotopic (exact) mass is 389 g/mol. The number of rotatable bonds is 6. The topological polar surface area (TPSA) is 54.4 Å². The largest absolute Gasteiger partial charge is 0.408 e. The number of hydrogen-bond acceptors (Lipinski definition) is 4. The Kier molecular flexibility index (Phi) is 5.82. The van der Waals surface area contributed by atoms with Crippen LogP contribution in [-0.4, -0.2) is 28.8 Å². The van der Waals surface area contributed by atoms with E-state index in [1.165, 1.54) is 6.20 Å². The number of nitrogens with zero attached hydrogens (tertiary/aromatic N) is 2. The Morgan fingerprint density at radius 3 is 2.61 bits per heavy atom. The standard InChI is InChI=1S/C21H22F3N3O/c1-13(15-6-4-3-5-7-15)8-18(28)10-17-9-16-11-26-20(19(16)12-25-17)27-14(2)21(22,23)24/h3-7,9,12-14H,8,10-11H2,1-2H3,(H,26,27)/t13-,14?/m0/s1. The Balaban J connectivity index is 1.61. The third kappa shape index (κ3) is 4.77. The third-order valence-electron chi connectivity index (χ3n) is 4.83. The van der Waals surface area contributed by atoms with Gasteiger partial charge in [0.25, 0.3) is 0 Å². The van der Waals surface area contributed by atoms with Gasteiger partial charge in [-0.05, 0) is 30.0 Å². The molecule has 0 amide bonds. The molecule has 4 nitrogen and oxygen atoms in total. The van der Waals surface area contributed by atoms with E-state index in [9.17, 15) is 18.0 Å². The van der Waals surface area contributed by atoms with Crippen molar-refractivity contribution in [1.29, 1.82) is 0 Å². The molecule has 1 unspecified atom stereocenters. The van der Waals surface area contributed by atoms with Crippen LogP contribution in [0.3, 0.4) is 0 Å². The second kappa shape index (κ2) is 8.12. The summed E-state index contributed by atoms with van der Waals surface area (Å²) in [5.74, 6) is 0.390.